The Bertz CT molecular complexity index is 342. The molecular formula is C13H22N2O3. The first-order valence-corrected chi connectivity index (χ1v) is 6.75. The maximum absolute atomic E-state index is 12.4. The summed E-state index contributed by atoms with van der Waals surface area (Å²) < 4.78 is 0. The summed E-state index contributed by atoms with van der Waals surface area (Å²) in [5.74, 6) is -0.973. The highest BCUT2D eigenvalue weighted by Gasteiger charge is 2.46. The summed E-state index contributed by atoms with van der Waals surface area (Å²) in [6, 6.07) is 0. The number of amides is 1. The van der Waals surface area contributed by atoms with Crippen molar-refractivity contribution in [2.45, 2.75) is 51.0 Å². The predicted octanol–water partition coefficient (Wildman–Crippen LogP) is 0.890. The normalized spacial score (nSPS) is 25.6. The number of aliphatic carboxylic acids is 1. The van der Waals surface area contributed by atoms with Crippen molar-refractivity contribution in [3.8, 4) is 0 Å². The van der Waals surface area contributed by atoms with Gasteiger partial charge in [-0.1, -0.05) is 19.8 Å². The molecule has 1 saturated carbocycles. The number of carboxylic acid groups (broad SMARTS) is 1. The Morgan fingerprint density at radius 1 is 1.11 bits per heavy atom. The smallest absolute Gasteiger partial charge is 0.329 e. The number of hydrogen-bond acceptors (Lipinski definition) is 3. The van der Waals surface area contributed by atoms with Crippen LogP contribution in [0.4, 0.5) is 0 Å². The van der Waals surface area contributed by atoms with Crippen molar-refractivity contribution >= 4 is 11.9 Å². The molecule has 1 aliphatic carbocycles. The standard InChI is InChI=1S/C13H22N2O3/c1-12(6-8-14-9-7-12)10(16)15-13(11(17)18)4-2-3-5-13/h14H,2-9H2,1H3,(H,15,16)(H,17,18). The van der Waals surface area contributed by atoms with Crippen LogP contribution in [0.5, 0.6) is 0 Å². The van der Waals surface area contributed by atoms with Gasteiger partial charge < -0.3 is 15.7 Å². The molecule has 0 aromatic rings. The van der Waals surface area contributed by atoms with Gasteiger partial charge in [-0.25, -0.2) is 4.79 Å². The molecule has 0 atom stereocenters. The van der Waals surface area contributed by atoms with Gasteiger partial charge in [-0.05, 0) is 38.8 Å². The first kappa shape index (κ1) is 13.3. The lowest BCUT2D eigenvalue weighted by atomic mass is 9.79. The number of rotatable bonds is 3. The molecule has 18 heavy (non-hydrogen) atoms. The number of nitrogens with one attached hydrogen (secondary N) is 2. The Hall–Kier alpha value is -1.10. The van der Waals surface area contributed by atoms with Gasteiger partial charge in [-0.3, -0.25) is 4.79 Å². The monoisotopic (exact) mass is 254 g/mol. The molecule has 5 heteroatoms. The molecule has 102 valence electrons. The summed E-state index contributed by atoms with van der Waals surface area (Å²) in [5, 5.41) is 15.4. The number of piperidine rings is 1. The summed E-state index contributed by atoms with van der Waals surface area (Å²) in [6.07, 6.45) is 4.42. The van der Waals surface area contributed by atoms with E-state index in [1.807, 2.05) is 6.92 Å². The molecule has 2 fully saturated rings. The third-order valence-electron chi connectivity index (χ3n) is 4.47. The first-order chi connectivity index (χ1) is 8.49. The Balaban J connectivity index is 2.07. The largest absolute Gasteiger partial charge is 0.480 e. The van der Waals surface area contributed by atoms with Crippen molar-refractivity contribution in [1.29, 1.82) is 0 Å². The Kier molecular flexibility index (Phi) is 3.61. The van der Waals surface area contributed by atoms with Crippen molar-refractivity contribution in [2.24, 2.45) is 5.41 Å². The van der Waals surface area contributed by atoms with Crippen LogP contribution in [0.2, 0.25) is 0 Å². The van der Waals surface area contributed by atoms with Crippen LogP contribution >= 0.6 is 0 Å². The summed E-state index contributed by atoms with van der Waals surface area (Å²) in [6.45, 7) is 3.58. The molecule has 0 bridgehead atoms. The Morgan fingerprint density at radius 2 is 1.67 bits per heavy atom. The van der Waals surface area contributed by atoms with Crippen LogP contribution in [-0.2, 0) is 9.59 Å². The molecule has 0 radical (unpaired) electrons. The summed E-state index contributed by atoms with van der Waals surface area (Å²) in [7, 11) is 0. The minimum absolute atomic E-state index is 0.0895. The van der Waals surface area contributed by atoms with Gasteiger partial charge in [0.25, 0.3) is 0 Å². The van der Waals surface area contributed by atoms with E-state index in [0.29, 0.717) is 12.8 Å². The lowest BCUT2D eigenvalue weighted by Gasteiger charge is -2.36. The number of carbonyl (C=O) groups is 2. The average Bonchev–Trinajstić information content (AvgIpc) is 2.80. The second kappa shape index (κ2) is 4.88. The lowest BCUT2D eigenvalue weighted by molar-refractivity contribution is -0.149. The maximum atomic E-state index is 12.4. The SMILES string of the molecule is CC1(C(=O)NC2(C(=O)O)CCCC2)CCNCC1. The Labute approximate surface area is 107 Å². The predicted molar refractivity (Wildman–Crippen MR) is 67.2 cm³/mol. The second-order valence-corrected chi connectivity index (χ2v) is 5.86. The van der Waals surface area contributed by atoms with Gasteiger partial charge in [0.05, 0.1) is 0 Å². The fraction of sp³-hybridized carbons (Fsp3) is 0.846. The van der Waals surface area contributed by atoms with E-state index < -0.39 is 16.9 Å². The molecule has 0 aromatic heterocycles. The van der Waals surface area contributed by atoms with E-state index in [1.165, 1.54) is 0 Å². The minimum Gasteiger partial charge on any atom is -0.480 e. The van der Waals surface area contributed by atoms with Gasteiger partial charge in [0, 0.05) is 5.41 Å². The van der Waals surface area contributed by atoms with Crippen LogP contribution in [-0.4, -0.2) is 35.6 Å². The summed E-state index contributed by atoms with van der Waals surface area (Å²) in [4.78, 5) is 23.8. The molecule has 1 aliphatic heterocycles. The molecule has 0 unspecified atom stereocenters. The van der Waals surface area contributed by atoms with Crippen molar-refractivity contribution in [3.05, 3.63) is 0 Å². The van der Waals surface area contributed by atoms with Gasteiger partial charge in [0.1, 0.15) is 5.54 Å². The fourth-order valence-corrected chi connectivity index (χ4v) is 2.94. The van der Waals surface area contributed by atoms with Gasteiger partial charge >= 0.3 is 5.97 Å². The third-order valence-corrected chi connectivity index (χ3v) is 4.47. The molecule has 1 heterocycles. The molecule has 1 saturated heterocycles. The molecule has 2 aliphatic rings. The van der Waals surface area contributed by atoms with Crippen molar-refractivity contribution in [2.75, 3.05) is 13.1 Å². The second-order valence-electron chi connectivity index (χ2n) is 5.86. The van der Waals surface area contributed by atoms with E-state index >= 15 is 0 Å². The van der Waals surface area contributed by atoms with E-state index in [9.17, 15) is 14.7 Å². The van der Waals surface area contributed by atoms with Gasteiger partial charge in [0.2, 0.25) is 5.91 Å². The first-order valence-electron chi connectivity index (χ1n) is 6.75. The van der Waals surface area contributed by atoms with Gasteiger partial charge in [0.15, 0.2) is 0 Å². The van der Waals surface area contributed by atoms with Crippen molar-refractivity contribution in [3.63, 3.8) is 0 Å². The van der Waals surface area contributed by atoms with Crippen LogP contribution in [0.25, 0.3) is 0 Å². The zero-order valence-corrected chi connectivity index (χ0v) is 10.9. The average molecular weight is 254 g/mol. The number of hydrogen-bond donors (Lipinski definition) is 3. The van der Waals surface area contributed by atoms with Gasteiger partial charge in [-0.15, -0.1) is 0 Å². The highest BCUT2D eigenvalue weighted by atomic mass is 16.4. The highest BCUT2D eigenvalue weighted by molar-refractivity contribution is 5.90. The molecule has 2 rings (SSSR count). The zero-order valence-electron chi connectivity index (χ0n) is 10.9. The van der Waals surface area contributed by atoms with Crippen LogP contribution in [0.1, 0.15) is 45.4 Å². The molecule has 1 amide bonds. The molecule has 0 aromatic carbocycles. The van der Waals surface area contributed by atoms with Crippen molar-refractivity contribution in [1.82, 2.24) is 10.6 Å². The van der Waals surface area contributed by atoms with Gasteiger partial charge in [-0.2, -0.15) is 0 Å². The van der Waals surface area contributed by atoms with Crippen LogP contribution in [0, 0.1) is 5.41 Å². The lowest BCUT2D eigenvalue weighted by Crippen LogP contribution is -2.57. The quantitative estimate of drug-likeness (QED) is 0.699. The Morgan fingerprint density at radius 3 is 2.17 bits per heavy atom. The minimum atomic E-state index is -1.01. The molecular weight excluding hydrogens is 232 g/mol. The van der Waals surface area contributed by atoms with E-state index in [2.05, 4.69) is 10.6 Å². The van der Waals surface area contributed by atoms with Crippen LogP contribution < -0.4 is 10.6 Å². The third kappa shape index (κ3) is 2.36. The topological polar surface area (TPSA) is 78.4 Å². The van der Waals surface area contributed by atoms with E-state index in [-0.39, 0.29) is 5.91 Å². The van der Waals surface area contributed by atoms with Crippen LogP contribution in [0.15, 0.2) is 0 Å². The molecule has 0 spiro atoms. The highest BCUT2D eigenvalue weighted by Crippen LogP contribution is 2.34. The van der Waals surface area contributed by atoms with E-state index in [0.717, 1.165) is 38.8 Å². The van der Waals surface area contributed by atoms with E-state index in [1.54, 1.807) is 0 Å². The van der Waals surface area contributed by atoms with Crippen LogP contribution in [0.3, 0.4) is 0 Å². The summed E-state index contributed by atoms with van der Waals surface area (Å²) in [5.41, 5.74) is -1.43. The van der Waals surface area contributed by atoms with Crippen molar-refractivity contribution < 1.29 is 14.7 Å². The molecule has 3 N–H and O–H groups in total. The molecule has 5 nitrogen and oxygen atoms in total. The maximum Gasteiger partial charge on any atom is 0.329 e. The number of carbonyl (C=O) groups excluding carboxylic acids is 1. The number of carboxylic acids is 1. The zero-order chi connectivity index (χ0) is 13.2. The summed E-state index contributed by atoms with van der Waals surface area (Å²) >= 11 is 0. The fourth-order valence-electron chi connectivity index (χ4n) is 2.94. The van der Waals surface area contributed by atoms with E-state index in [4.69, 9.17) is 0 Å².